The van der Waals surface area contributed by atoms with Crippen molar-refractivity contribution in [2.45, 2.75) is 39.3 Å². The monoisotopic (exact) mass is 377 g/mol. The van der Waals surface area contributed by atoms with E-state index >= 15 is 0 Å². The van der Waals surface area contributed by atoms with Gasteiger partial charge in [-0.25, -0.2) is 0 Å². The van der Waals surface area contributed by atoms with Crippen LogP contribution in [0.5, 0.6) is 0 Å². The third kappa shape index (κ3) is 33.5. The van der Waals surface area contributed by atoms with Crippen LogP contribution >= 0.6 is 0 Å². The Morgan fingerprint density at radius 3 is 1.00 bits per heavy atom. The maximum Gasteiger partial charge on any atom is 2.00 e. The predicted octanol–water partition coefficient (Wildman–Crippen LogP) is 3.51. The zero-order valence-corrected chi connectivity index (χ0v) is 19.0. The Bertz CT molecular complexity index is 202. The first-order valence-electron chi connectivity index (χ1n) is 7.50. The average molecular weight is 378 g/mol. The molecule has 0 spiro atoms. The van der Waals surface area contributed by atoms with Crippen molar-refractivity contribution in [3.8, 4) is 0 Å². The van der Waals surface area contributed by atoms with Crippen LogP contribution in [-0.4, -0.2) is 80.6 Å². The summed E-state index contributed by atoms with van der Waals surface area (Å²) in [4.78, 5) is 13.5. The van der Waals surface area contributed by atoms with Crippen molar-refractivity contribution < 1.29 is 16.8 Å². The molecule has 0 amide bonds. The zero-order valence-electron chi connectivity index (χ0n) is 16.0. The van der Waals surface area contributed by atoms with Gasteiger partial charge in [0.2, 0.25) is 0 Å². The van der Waals surface area contributed by atoms with Crippen LogP contribution < -0.4 is 0 Å². The summed E-state index contributed by atoms with van der Waals surface area (Å²) in [5, 5.41) is 0. The van der Waals surface area contributed by atoms with Gasteiger partial charge in [-0.15, -0.1) is 13.1 Å². The van der Waals surface area contributed by atoms with Gasteiger partial charge in [0, 0.05) is 0 Å². The number of nitrogens with zero attached hydrogens (tertiary/aromatic N) is 4. The molecule has 0 rings (SSSR count). The number of likely N-dealkylation sites (N-methyl/N-ethyl adjacent to an activating group) is 2. The molecule has 0 fully saturated rings. The van der Waals surface area contributed by atoms with E-state index in [2.05, 4.69) is 87.2 Å². The molecule has 0 atom stereocenters. The van der Waals surface area contributed by atoms with E-state index in [0.29, 0.717) is 0 Å². The van der Waals surface area contributed by atoms with Gasteiger partial charge in [-0.3, -0.25) is 0 Å². The van der Waals surface area contributed by atoms with Gasteiger partial charge in [-0.05, 0) is 41.3 Å². The molecule has 7 heteroatoms. The van der Waals surface area contributed by atoms with Crippen LogP contribution in [0.15, 0.2) is 0 Å². The predicted molar refractivity (Wildman–Crippen MR) is 100 cm³/mol. The Kier molecular flexibility index (Phi) is 16.8. The van der Waals surface area contributed by atoms with Crippen molar-refractivity contribution in [3.05, 3.63) is 9.96 Å². The van der Waals surface area contributed by atoms with E-state index in [1.807, 2.05) is 0 Å². The van der Waals surface area contributed by atoms with E-state index in [1.54, 1.807) is 0 Å². The summed E-state index contributed by atoms with van der Waals surface area (Å²) in [6.07, 6.45) is 0. The molecule has 0 aliphatic carbocycles. The first-order valence-corrected chi connectivity index (χ1v) is 14.4. The molecule has 21 heavy (non-hydrogen) atoms. The second-order valence-electron chi connectivity index (χ2n) is 7.71. The van der Waals surface area contributed by atoms with Crippen molar-refractivity contribution >= 4 is 16.5 Å². The smallest absolute Gasteiger partial charge is 0.664 e. The molecular weight excluding hydrogens is 339 g/mol. The summed E-state index contributed by atoms with van der Waals surface area (Å²) in [6.45, 7) is 17.8. The molecule has 0 N–H and O–H groups in total. The topological polar surface area (TPSA) is 34.7 Å². The minimum Gasteiger partial charge on any atom is -0.664 e. The van der Waals surface area contributed by atoms with Gasteiger partial charge in [0.15, 0.2) is 0 Å². The molecule has 0 aromatic heterocycles. The molecule has 0 bridgehead atoms. The molecule has 0 unspecified atom stereocenters. The normalized spacial score (nSPS) is 12.0. The molecule has 0 aromatic carbocycles. The van der Waals surface area contributed by atoms with Crippen LogP contribution in [0.25, 0.3) is 9.96 Å². The van der Waals surface area contributed by atoms with Gasteiger partial charge >= 0.3 is 16.8 Å². The Balaban J connectivity index is -0.000000295. The van der Waals surface area contributed by atoms with Gasteiger partial charge in [0.25, 0.3) is 0 Å². The second kappa shape index (κ2) is 13.2. The number of rotatable bonds is 8. The third-order valence-electron chi connectivity index (χ3n) is 2.27. The van der Waals surface area contributed by atoms with Gasteiger partial charge in [0.1, 0.15) is 0 Å². The molecule has 0 saturated heterocycles. The maximum absolute atomic E-state index is 4.59. The van der Waals surface area contributed by atoms with E-state index in [9.17, 15) is 0 Å². The fourth-order valence-corrected chi connectivity index (χ4v) is 2.71. The Morgan fingerprint density at radius 2 is 0.857 bits per heavy atom. The van der Waals surface area contributed by atoms with Crippen molar-refractivity contribution in [1.82, 2.24) is 9.80 Å². The van der Waals surface area contributed by atoms with Crippen LogP contribution in [0.4, 0.5) is 0 Å². The van der Waals surface area contributed by atoms with E-state index in [-0.39, 0.29) is 16.8 Å². The van der Waals surface area contributed by atoms with Crippen molar-refractivity contribution in [2.75, 3.05) is 54.4 Å². The number of hydrogen-bond acceptors (Lipinski definition) is 2. The van der Waals surface area contributed by atoms with Crippen molar-refractivity contribution in [2.24, 2.45) is 0 Å². The van der Waals surface area contributed by atoms with Crippen LogP contribution in [0, 0.1) is 0 Å². The van der Waals surface area contributed by atoms with Gasteiger partial charge in [-0.2, -0.15) is 0 Å². The van der Waals surface area contributed by atoms with Crippen LogP contribution in [0.2, 0.25) is 39.3 Å². The SMILES string of the molecule is CN(C)CC[N-][Si](C)(C)C.CN(C)CC[N-][Si](C)(C)C.[Co+2]. The summed E-state index contributed by atoms with van der Waals surface area (Å²) in [5.41, 5.74) is 0. The van der Waals surface area contributed by atoms with Gasteiger partial charge in [-0.1, -0.05) is 55.8 Å². The molecule has 4 nitrogen and oxygen atoms in total. The summed E-state index contributed by atoms with van der Waals surface area (Å²) in [5.74, 6) is 0. The van der Waals surface area contributed by atoms with Crippen molar-refractivity contribution in [1.29, 1.82) is 0 Å². The minimum absolute atomic E-state index is 0. The van der Waals surface area contributed by atoms with Crippen LogP contribution in [-0.2, 0) is 16.8 Å². The molecule has 0 heterocycles. The van der Waals surface area contributed by atoms with Crippen LogP contribution in [0.1, 0.15) is 0 Å². The van der Waals surface area contributed by atoms with Gasteiger partial charge in [0.05, 0.1) is 0 Å². The maximum atomic E-state index is 4.59. The fourth-order valence-electron chi connectivity index (χ4n) is 1.17. The van der Waals surface area contributed by atoms with E-state index in [4.69, 9.17) is 0 Å². The molecular formula is C14H38CoN4Si2. The first-order chi connectivity index (χ1) is 8.83. The molecule has 131 valence electrons. The standard InChI is InChI=1S/2C7H19N2Si.Co/c2*1-9(2)7-6-8-10(3,4)5;/h2*6-7H2,1-5H3;/q2*-1;+2. The largest absolute Gasteiger partial charge is 2.00 e. The third-order valence-corrected chi connectivity index (χ3v) is 4.61. The molecule has 0 aliphatic heterocycles. The summed E-state index contributed by atoms with van der Waals surface area (Å²) >= 11 is 0. The van der Waals surface area contributed by atoms with Crippen molar-refractivity contribution in [3.63, 3.8) is 0 Å². The zero-order chi connectivity index (χ0) is 16.4. The van der Waals surface area contributed by atoms with E-state index < -0.39 is 16.5 Å². The number of hydrogen-bond donors (Lipinski definition) is 0. The molecule has 0 aliphatic rings. The second-order valence-corrected chi connectivity index (χ2v) is 17.0. The molecule has 1 radical (unpaired) electrons. The summed E-state index contributed by atoms with van der Waals surface area (Å²) in [7, 11) is 6.08. The summed E-state index contributed by atoms with van der Waals surface area (Å²) in [6, 6.07) is 0. The van der Waals surface area contributed by atoms with E-state index in [0.717, 1.165) is 26.2 Å². The fraction of sp³-hybridized carbons (Fsp3) is 1.00. The molecule has 0 aromatic rings. The first kappa shape index (κ1) is 26.7. The summed E-state index contributed by atoms with van der Waals surface area (Å²) < 4.78 is 0. The Labute approximate surface area is 146 Å². The quantitative estimate of drug-likeness (QED) is 0.607. The Hall–Kier alpha value is 0.780. The van der Waals surface area contributed by atoms with Gasteiger partial charge < -0.3 is 19.8 Å². The van der Waals surface area contributed by atoms with Crippen LogP contribution in [0.3, 0.4) is 0 Å². The Morgan fingerprint density at radius 1 is 0.619 bits per heavy atom. The minimum atomic E-state index is -1.13. The van der Waals surface area contributed by atoms with E-state index in [1.165, 1.54) is 0 Å². The molecule has 0 saturated carbocycles. The average Bonchev–Trinajstić information content (AvgIpc) is 2.12.